The van der Waals surface area contributed by atoms with Crippen molar-refractivity contribution in [2.75, 3.05) is 0 Å². The van der Waals surface area contributed by atoms with E-state index < -0.39 is 12.0 Å². The number of hydrogen-bond acceptors (Lipinski definition) is 5. The Morgan fingerprint density at radius 1 is 0.750 bits per heavy atom. The summed E-state index contributed by atoms with van der Waals surface area (Å²) in [6.07, 6.45) is 4.70. The van der Waals surface area contributed by atoms with Gasteiger partial charge in [0.2, 0.25) is 0 Å². The van der Waals surface area contributed by atoms with Gasteiger partial charge in [0.15, 0.2) is 5.78 Å². The molecule has 1 atom stereocenters. The zero-order valence-corrected chi connectivity index (χ0v) is 18.3. The van der Waals surface area contributed by atoms with Crippen molar-refractivity contribution in [3.63, 3.8) is 0 Å². The molecule has 0 radical (unpaired) electrons. The van der Waals surface area contributed by atoms with Gasteiger partial charge in [0, 0.05) is 5.56 Å². The number of ether oxygens (including phenoxy) is 1. The van der Waals surface area contributed by atoms with Crippen LogP contribution in [0.25, 0.3) is 0 Å². The maximum absolute atomic E-state index is 13.1. The summed E-state index contributed by atoms with van der Waals surface area (Å²) in [7, 11) is 0. The van der Waals surface area contributed by atoms with E-state index in [1.165, 1.54) is 0 Å². The second kappa shape index (κ2) is 12.4. The Morgan fingerprint density at radius 2 is 1.38 bits per heavy atom. The van der Waals surface area contributed by atoms with Crippen molar-refractivity contribution in [3.8, 4) is 11.5 Å². The molecule has 166 valence electrons. The number of Topliss-reactive ketones (excluding diaryl/α,β-unsaturated/α-hetero) is 1. The van der Waals surface area contributed by atoms with Crippen molar-refractivity contribution < 1.29 is 19.2 Å². The Hall–Kier alpha value is -3.44. The molecule has 1 unspecified atom stereocenters. The summed E-state index contributed by atoms with van der Waals surface area (Å²) in [6, 6.07) is 24.6. The first-order valence-corrected chi connectivity index (χ1v) is 11.1. The van der Waals surface area contributed by atoms with Gasteiger partial charge >= 0.3 is 5.97 Å². The van der Waals surface area contributed by atoms with Crippen molar-refractivity contribution in [1.29, 1.82) is 0 Å². The van der Waals surface area contributed by atoms with Crippen molar-refractivity contribution in [1.82, 2.24) is 5.48 Å². The lowest BCUT2D eigenvalue weighted by Crippen LogP contribution is -2.38. The van der Waals surface area contributed by atoms with Gasteiger partial charge in [-0.3, -0.25) is 4.79 Å². The minimum absolute atomic E-state index is 0.117. The Morgan fingerprint density at radius 3 is 2.03 bits per heavy atom. The normalized spacial score (nSPS) is 11.5. The molecule has 0 heterocycles. The molecule has 1 N–H and O–H groups in total. The van der Waals surface area contributed by atoms with E-state index in [9.17, 15) is 9.59 Å². The van der Waals surface area contributed by atoms with Gasteiger partial charge in [0.05, 0.1) is 5.56 Å². The molecular formula is C27H29NO4. The van der Waals surface area contributed by atoms with Gasteiger partial charge in [-0.1, -0.05) is 69.0 Å². The van der Waals surface area contributed by atoms with Gasteiger partial charge < -0.3 is 9.57 Å². The van der Waals surface area contributed by atoms with Crippen molar-refractivity contribution in [3.05, 3.63) is 96.1 Å². The van der Waals surface area contributed by atoms with Crippen LogP contribution in [0.15, 0.2) is 84.9 Å². The first-order chi connectivity index (χ1) is 15.7. The maximum atomic E-state index is 13.1. The zero-order valence-electron chi connectivity index (χ0n) is 18.3. The molecule has 3 aromatic carbocycles. The number of nitrogens with one attached hydrogen (secondary N) is 1. The number of rotatable bonds is 12. The lowest BCUT2D eigenvalue weighted by molar-refractivity contribution is 0.0153. The molecule has 0 aliphatic carbocycles. The second-order valence-electron chi connectivity index (χ2n) is 7.58. The Labute approximate surface area is 189 Å². The van der Waals surface area contributed by atoms with Gasteiger partial charge in [-0.2, -0.15) is 0 Å². The molecule has 0 aliphatic rings. The molecule has 0 bridgehead atoms. The predicted molar refractivity (Wildman–Crippen MR) is 125 cm³/mol. The van der Waals surface area contributed by atoms with Crippen LogP contribution in [0.4, 0.5) is 0 Å². The first kappa shape index (κ1) is 23.2. The van der Waals surface area contributed by atoms with Crippen molar-refractivity contribution in [2.45, 2.75) is 45.1 Å². The van der Waals surface area contributed by atoms with Crippen LogP contribution in [-0.2, 0) is 4.84 Å². The van der Waals surface area contributed by atoms with E-state index in [1.807, 2.05) is 36.4 Å². The molecule has 0 fully saturated rings. The monoisotopic (exact) mass is 431 g/mol. The van der Waals surface area contributed by atoms with Gasteiger partial charge in [-0.25, -0.2) is 4.79 Å². The van der Waals surface area contributed by atoms with Crippen molar-refractivity contribution in [2.24, 2.45) is 0 Å². The number of carbonyl (C=O) groups excluding carboxylic acids is 2. The largest absolute Gasteiger partial charge is 0.457 e. The predicted octanol–water partition coefficient (Wildman–Crippen LogP) is 6.36. The van der Waals surface area contributed by atoms with E-state index >= 15 is 0 Å². The number of hydrogen-bond donors (Lipinski definition) is 1. The third kappa shape index (κ3) is 7.06. The second-order valence-corrected chi connectivity index (χ2v) is 7.58. The summed E-state index contributed by atoms with van der Waals surface area (Å²) in [6.45, 7) is 2.14. The number of para-hydroxylation sites is 1. The molecule has 3 aromatic rings. The number of hydroxylamine groups is 1. The third-order valence-electron chi connectivity index (χ3n) is 5.08. The lowest BCUT2D eigenvalue weighted by atomic mass is 9.99. The molecule has 5 nitrogen and oxygen atoms in total. The van der Waals surface area contributed by atoms with Gasteiger partial charge in [0.25, 0.3) is 0 Å². The summed E-state index contributed by atoms with van der Waals surface area (Å²) < 4.78 is 5.80. The third-order valence-corrected chi connectivity index (χ3v) is 5.08. The molecule has 0 aliphatic heterocycles. The highest BCUT2D eigenvalue weighted by Gasteiger charge is 2.22. The van der Waals surface area contributed by atoms with Crippen LogP contribution in [0.5, 0.6) is 11.5 Å². The van der Waals surface area contributed by atoms with E-state index in [0.717, 1.165) is 31.4 Å². The topological polar surface area (TPSA) is 64.6 Å². The van der Waals surface area contributed by atoms with Gasteiger partial charge in [0.1, 0.15) is 17.5 Å². The molecular weight excluding hydrogens is 402 g/mol. The van der Waals surface area contributed by atoms with E-state index in [1.54, 1.807) is 48.5 Å². The Balaban J connectivity index is 1.64. The van der Waals surface area contributed by atoms with E-state index in [2.05, 4.69) is 12.4 Å². The number of benzene rings is 3. The van der Waals surface area contributed by atoms with Gasteiger partial charge in [-0.15, -0.1) is 5.48 Å². The molecule has 0 amide bonds. The van der Waals surface area contributed by atoms with Crippen LogP contribution < -0.4 is 10.2 Å². The van der Waals surface area contributed by atoms with Crippen LogP contribution in [0.1, 0.15) is 59.7 Å². The summed E-state index contributed by atoms with van der Waals surface area (Å²) in [5.74, 6) is 0.753. The number of ketones is 1. The fraction of sp³-hybridized carbons (Fsp3) is 0.259. The molecule has 32 heavy (non-hydrogen) atoms. The minimum Gasteiger partial charge on any atom is -0.457 e. The Bertz CT molecular complexity index is 972. The van der Waals surface area contributed by atoms with Gasteiger partial charge in [-0.05, 0) is 55.0 Å². The quantitative estimate of drug-likeness (QED) is 0.205. The van der Waals surface area contributed by atoms with Crippen LogP contribution in [-0.4, -0.2) is 17.8 Å². The first-order valence-electron chi connectivity index (χ1n) is 11.1. The average Bonchev–Trinajstić information content (AvgIpc) is 2.84. The molecule has 0 saturated heterocycles. The van der Waals surface area contributed by atoms with E-state index in [0.29, 0.717) is 23.3 Å². The fourth-order valence-electron chi connectivity index (χ4n) is 3.29. The SMILES string of the molecule is CCCCCCC(NOC(=O)c1ccccc1)C(=O)c1ccc(Oc2ccccc2)cc1. The summed E-state index contributed by atoms with van der Waals surface area (Å²) in [5, 5.41) is 0. The van der Waals surface area contributed by atoms with E-state index in [4.69, 9.17) is 9.57 Å². The lowest BCUT2D eigenvalue weighted by Gasteiger charge is -2.17. The molecule has 5 heteroatoms. The van der Waals surface area contributed by atoms with E-state index in [-0.39, 0.29) is 5.78 Å². The summed E-state index contributed by atoms with van der Waals surface area (Å²) in [5.41, 5.74) is 3.68. The maximum Gasteiger partial charge on any atom is 0.356 e. The highest BCUT2D eigenvalue weighted by molar-refractivity contribution is 6.00. The summed E-state index contributed by atoms with van der Waals surface area (Å²) in [4.78, 5) is 30.7. The number of carbonyl (C=O) groups is 2. The highest BCUT2D eigenvalue weighted by Crippen LogP contribution is 2.22. The number of unbranched alkanes of at least 4 members (excludes halogenated alkanes) is 3. The van der Waals surface area contributed by atoms with Crippen LogP contribution in [0, 0.1) is 0 Å². The molecule has 0 spiro atoms. The molecule has 0 saturated carbocycles. The Kier molecular flexibility index (Phi) is 9.02. The standard InChI is InChI=1S/C27H29NO4/c1-2-3-4-11-16-25(28-32-27(30)22-12-7-5-8-13-22)26(29)21-17-19-24(20-18-21)31-23-14-9-6-10-15-23/h5-10,12-15,17-20,25,28H,2-4,11,16H2,1H3. The van der Waals surface area contributed by atoms with Crippen LogP contribution in [0.2, 0.25) is 0 Å². The molecule has 0 aromatic heterocycles. The highest BCUT2D eigenvalue weighted by atomic mass is 16.7. The van der Waals surface area contributed by atoms with Crippen molar-refractivity contribution >= 4 is 11.8 Å². The van der Waals surface area contributed by atoms with Crippen LogP contribution >= 0.6 is 0 Å². The summed E-state index contributed by atoms with van der Waals surface area (Å²) >= 11 is 0. The molecule has 3 rings (SSSR count). The van der Waals surface area contributed by atoms with Crippen LogP contribution in [0.3, 0.4) is 0 Å². The average molecular weight is 432 g/mol. The fourth-order valence-corrected chi connectivity index (χ4v) is 3.29. The minimum atomic E-state index is -0.611. The smallest absolute Gasteiger partial charge is 0.356 e. The zero-order chi connectivity index (χ0) is 22.6.